The Morgan fingerprint density at radius 2 is 2.20 bits per heavy atom. The number of nitrogens with zero attached hydrogens (tertiary/aromatic N) is 2. The van der Waals surface area contributed by atoms with Crippen LogP contribution in [0.2, 0.25) is 0 Å². The second-order valence-electron chi connectivity index (χ2n) is 5.43. The van der Waals surface area contributed by atoms with Gasteiger partial charge in [0, 0.05) is 25.2 Å². The quantitative estimate of drug-likeness (QED) is 0.864. The highest BCUT2D eigenvalue weighted by atomic mass is 32.2. The van der Waals surface area contributed by atoms with E-state index in [0.29, 0.717) is 36.1 Å². The summed E-state index contributed by atoms with van der Waals surface area (Å²) >= 11 is 0. The van der Waals surface area contributed by atoms with Gasteiger partial charge in [-0.25, -0.2) is 8.42 Å². The number of nitrogens with one attached hydrogen (secondary N) is 1. The highest BCUT2D eigenvalue weighted by molar-refractivity contribution is 7.89. The summed E-state index contributed by atoms with van der Waals surface area (Å²) in [5, 5.41) is 2.96. The van der Waals surface area contributed by atoms with Crippen molar-refractivity contribution >= 4 is 10.0 Å². The lowest BCUT2D eigenvalue weighted by molar-refractivity contribution is 0.302. The van der Waals surface area contributed by atoms with Crippen molar-refractivity contribution in [2.24, 2.45) is 0 Å². The smallest absolute Gasteiger partial charge is 0.246 e. The lowest BCUT2D eigenvalue weighted by Gasteiger charge is -2.20. The summed E-state index contributed by atoms with van der Waals surface area (Å²) in [5.41, 5.74) is 0. The highest BCUT2D eigenvalue weighted by Crippen LogP contribution is 2.27. The summed E-state index contributed by atoms with van der Waals surface area (Å²) in [7, 11) is 2.31. The minimum Gasteiger partial charge on any atom is -0.464 e. The Labute approximate surface area is 120 Å². The van der Waals surface area contributed by atoms with Gasteiger partial charge >= 0.3 is 0 Å². The number of sulfonamides is 1. The van der Waals surface area contributed by atoms with Crippen molar-refractivity contribution in [3.63, 3.8) is 0 Å². The van der Waals surface area contributed by atoms with Crippen molar-refractivity contribution in [2.75, 3.05) is 34.2 Å². The number of aryl methyl sites for hydroxylation is 1. The van der Waals surface area contributed by atoms with Crippen LogP contribution in [-0.2, 0) is 16.6 Å². The Morgan fingerprint density at radius 3 is 2.75 bits per heavy atom. The topological polar surface area (TPSA) is 65.8 Å². The predicted molar refractivity (Wildman–Crippen MR) is 77.1 cm³/mol. The number of likely N-dealkylation sites (N-methyl/N-ethyl adjacent to an activating group) is 1. The van der Waals surface area contributed by atoms with Gasteiger partial charge in [0.25, 0.3) is 0 Å². The predicted octanol–water partition coefficient (Wildman–Crippen LogP) is 0.632. The van der Waals surface area contributed by atoms with E-state index in [1.165, 1.54) is 0 Å². The molecular formula is C13H23N3O3S. The van der Waals surface area contributed by atoms with E-state index in [1.54, 1.807) is 24.3 Å². The Balaban J connectivity index is 2.23. The van der Waals surface area contributed by atoms with Gasteiger partial charge in [0.15, 0.2) is 0 Å². The maximum absolute atomic E-state index is 12.7. The molecule has 0 radical (unpaired) electrons. The molecule has 1 fully saturated rings. The standard InChI is InChI=1S/C13H23N3O3S/c1-10-13(7-12(19-10)8-14-2)20(17,18)16-6-5-11(9-16)15(3)4/h7,11,14H,5-6,8-9H2,1-4H3. The molecule has 1 aliphatic heterocycles. The molecule has 2 heterocycles. The first kappa shape index (κ1) is 15.5. The zero-order valence-electron chi connectivity index (χ0n) is 12.5. The van der Waals surface area contributed by atoms with Gasteiger partial charge < -0.3 is 14.6 Å². The molecule has 0 spiro atoms. The third-order valence-corrected chi connectivity index (χ3v) is 5.72. The molecule has 1 aliphatic rings. The number of rotatable bonds is 5. The van der Waals surface area contributed by atoms with Crippen LogP contribution < -0.4 is 5.32 Å². The van der Waals surface area contributed by atoms with Crippen LogP contribution in [-0.4, -0.2) is 57.9 Å². The summed E-state index contributed by atoms with van der Waals surface area (Å²) in [6, 6.07) is 1.92. The molecule has 2 rings (SSSR count). The van der Waals surface area contributed by atoms with Gasteiger partial charge in [0.05, 0.1) is 6.54 Å². The molecule has 0 amide bonds. The third-order valence-electron chi connectivity index (χ3n) is 3.75. The van der Waals surface area contributed by atoms with Gasteiger partial charge in [-0.1, -0.05) is 0 Å². The molecule has 0 bridgehead atoms. The van der Waals surface area contributed by atoms with Gasteiger partial charge in [-0.05, 0) is 34.5 Å². The molecule has 1 N–H and O–H groups in total. The van der Waals surface area contributed by atoms with E-state index < -0.39 is 10.0 Å². The van der Waals surface area contributed by atoms with Crippen molar-refractivity contribution < 1.29 is 12.8 Å². The molecule has 1 aromatic heterocycles. The Kier molecular flexibility index (Phi) is 4.53. The van der Waals surface area contributed by atoms with Crippen LogP contribution in [0, 0.1) is 6.92 Å². The molecule has 1 saturated heterocycles. The molecule has 1 unspecified atom stereocenters. The van der Waals surface area contributed by atoms with E-state index >= 15 is 0 Å². The largest absolute Gasteiger partial charge is 0.464 e. The van der Waals surface area contributed by atoms with Crippen molar-refractivity contribution in [1.29, 1.82) is 0 Å². The third kappa shape index (κ3) is 2.90. The number of hydrogen-bond donors (Lipinski definition) is 1. The first-order valence-electron chi connectivity index (χ1n) is 6.76. The fourth-order valence-electron chi connectivity index (χ4n) is 2.53. The SMILES string of the molecule is CNCc1cc(S(=O)(=O)N2CCC(N(C)C)C2)c(C)o1. The van der Waals surface area contributed by atoms with Crippen LogP contribution in [0.4, 0.5) is 0 Å². The maximum Gasteiger partial charge on any atom is 0.246 e. The Bertz CT molecular complexity index is 565. The van der Waals surface area contributed by atoms with Crippen molar-refractivity contribution in [3.8, 4) is 0 Å². The van der Waals surface area contributed by atoms with Gasteiger partial charge in [-0.2, -0.15) is 4.31 Å². The molecule has 0 saturated carbocycles. The normalized spacial score (nSPS) is 20.9. The Morgan fingerprint density at radius 1 is 1.50 bits per heavy atom. The lowest BCUT2D eigenvalue weighted by atomic mass is 10.2. The van der Waals surface area contributed by atoms with E-state index in [0.717, 1.165) is 6.42 Å². The highest BCUT2D eigenvalue weighted by Gasteiger charge is 2.35. The molecule has 0 aliphatic carbocycles. The van der Waals surface area contributed by atoms with Crippen LogP contribution in [0.25, 0.3) is 0 Å². The van der Waals surface area contributed by atoms with Crippen LogP contribution in [0.3, 0.4) is 0 Å². The van der Waals surface area contributed by atoms with Crippen molar-refractivity contribution in [1.82, 2.24) is 14.5 Å². The van der Waals surface area contributed by atoms with Crippen LogP contribution in [0.15, 0.2) is 15.4 Å². The summed E-state index contributed by atoms with van der Waals surface area (Å²) in [6.45, 7) is 3.33. The van der Waals surface area contributed by atoms with Crippen LogP contribution in [0.5, 0.6) is 0 Å². The first-order chi connectivity index (χ1) is 9.36. The minimum absolute atomic E-state index is 0.286. The van der Waals surface area contributed by atoms with E-state index in [-0.39, 0.29) is 6.04 Å². The molecule has 1 atom stereocenters. The first-order valence-corrected chi connectivity index (χ1v) is 8.20. The average molecular weight is 301 g/mol. The van der Waals surface area contributed by atoms with E-state index in [1.807, 2.05) is 14.1 Å². The molecule has 20 heavy (non-hydrogen) atoms. The minimum atomic E-state index is -3.45. The fraction of sp³-hybridized carbons (Fsp3) is 0.692. The zero-order chi connectivity index (χ0) is 14.9. The monoisotopic (exact) mass is 301 g/mol. The molecule has 7 heteroatoms. The van der Waals surface area contributed by atoms with E-state index in [9.17, 15) is 8.42 Å². The maximum atomic E-state index is 12.7. The number of hydrogen-bond acceptors (Lipinski definition) is 5. The molecule has 114 valence electrons. The van der Waals surface area contributed by atoms with Crippen molar-refractivity contribution in [2.45, 2.75) is 30.8 Å². The summed E-state index contributed by atoms with van der Waals surface area (Å²) < 4.78 is 32.4. The summed E-state index contributed by atoms with van der Waals surface area (Å²) in [5.74, 6) is 1.11. The van der Waals surface area contributed by atoms with E-state index in [2.05, 4.69) is 10.2 Å². The molecule has 1 aromatic rings. The van der Waals surface area contributed by atoms with Crippen LogP contribution in [0.1, 0.15) is 17.9 Å². The summed E-state index contributed by atoms with van der Waals surface area (Å²) in [4.78, 5) is 2.37. The Hall–Kier alpha value is -0.890. The molecule has 0 aromatic carbocycles. The lowest BCUT2D eigenvalue weighted by Crippen LogP contribution is -2.34. The van der Waals surface area contributed by atoms with Gasteiger partial charge in [0.2, 0.25) is 10.0 Å². The van der Waals surface area contributed by atoms with Gasteiger partial charge in [0.1, 0.15) is 16.4 Å². The van der Waals surface area contributed by atoms with Crippen molar-refractivity contribution in [3.05, 3.63) is 17.6 Å². The second kappa shape index (κ2) is 5.85. The average Bonchev–Trinajstić information content (AvgIpc) is 2.96. The summed E-state index contributed by atoms with van der Waals surface area (Å²) in [6.07, 6.45) is 0.868. The van der Waals surface area contributed by atoms with Crippen LogP contribution >= 0.6 is 0 Å². The van der Waals surface area contributed by atoms with E-state index in [4.69, 9.17) is 4.42 Å². The molecule has 6 nitrogen and oxygen atoms in total. The zero-order valence-corrected chi connectivity index (χ0v) is 13.3. The molecular weight excluding hydrogens is 278 g/mol. The van der Waals surface area contributed by atoms with Gasteiger partial charge in [-0.3, -0.25) is 0 Å². The number of furan rings is 1. The fourth-order valence-corrected chi connectivity index (χ4v) is 4.21. The van der Waals surface area contributed by atoms with Gasteiger partial charge in [-0.15, -0.1) is 0 Å². The second-order valence-corrected chi connectivity index (χ2v) is 7.34.